The third-order valence-corrected chi connectivity index (χ3v) is 7.28. The minimum Gasteiger partial charge on any atom is -0.497 e. The van der Waals surface area contributed by atoms with E-state index >= 15 is 0 Å². The van der Waals surface area contributed by atoms with Crippen LogP contribution in [0.5, 0.6) is 11.5 Å². The van der Waals surface area contributed by atoms with Crippen molar-refractivity contribution in [1.29, 1.82) is 0 Å². The standard InChI is InChI=1S/C25H26ClN3O5S/c1-33-22-7-5-20(6-8-22)27-35(31,32)24-11-9-23(10-12-24)34-18-25(30)29-15-13-28(14-16-29)21-4-2-3-19(26)17-21/h2-12,17,27H,13-16,18H2,1H3. The van der Waals surface area contributed by atoms with Gasteiger partial charge in [0.15, 0.2) is 6.61 Å². The summed E-state index contributed by atoms with van der Waals surface area (Å²) in [6.45, 7) is 2.47. The molecule has 1 fully saturated rings. The second-order valence-corrected chi connectivity index (χ2v) is 10.1. The highest BCUT2D eigenvalue weighted by atomic mass is 35.5. The predicted molar refractivity (Wildman–Crippen MR) is 136 cm³/mol. The number of halogens is 1. The number of methoxy groups -OCH3 is 1. The SMILES string of the molecule is COc1ccc(NS(=O)(=O)c2ccc(OCC(=O)N3CCN(c4cccc(Cl)c4)CC3)cc2)cc1. The zero-order chi connectivity index (χ0) is 24.8. The molecular weight excluding hydrogens is 490 g/mol. The highest BCUT2D eigenvalue weighted by Gasteiger charge is 2.22. The molecule has 0 unspecified atom stereocenters. The lowest BCUT2D eigenvalue weighted by Crippen LogP contribution is -2.50. The Morgan fingerprint density at radius 2 is 1.60 bits per heavy atom. The Morgan fingerprint density at radius 3 is 2.23 bits per heavy atom. The van der Waals surface area contributed by atoms with Crippen LogP contribution in [0, 0.1) is 0 Å². The first-order valence-corrected chi connectivity index (χ1v) is 12.9. The molecule has 8 nitrogen and oxygen atoms in total. The third kappa shape index (κ3) is 6.37. The molecule has 0 saturated carbocycles. The first-order valence-electron chi connectivity index (χ1n) is 11.0. The van der Waals surface area contributed by atoms with Gasteiger partial charge in [0.2, 0.25) is 0 Å². The van der Waals surface area contributed by atoms with E-state index in [1.165, 1.54) is 24.3 Å². The number of sulfonamides is 1. The van der Waals surface area contributed by atoms with Crippen LogP contribution < -0.4 is 19.1 Å². The van der Waals surface area contributed by atoms with Gasteiger partial charge < -0.3 is 19.3 Å². The molecule has 0 aromatic heterocycles. The molecule has 1 heterocycles. The Kier molecular flexibility index (Phi) is 7.67. The van der Waals surface area contributed by atoms with Crippen LogP contribution in [0.2, 0.25) is 5.02 Å². The van der Waals surface area contributed by atoms with Crippen molar-refractivity contribution in [1.82, 2.24) is 4.90 Å². The average molecular weight is 516 g/mol. The summed E-state index contributed by atoms with van der Waals surface area (Å²) in [6.07, 6.45) is 0. The summed E-state index contributed by atoms with van der Waals surface area (Å²) >= 11 is 6.08. The number of nitrogens with one attached hydrogen (secondary N) is 1. The second-order valence-electron chi connectivity index (χ2n) is 7.94. The van der Waals surface area contributed by atoms with Gasteiger partial charge in [-0.15, -0.1) is 0 Å². The minimum atomic E-state index is -3.76. The van der Waals surface area contributed by atoms with Crippen molar-refractivity contribution >= 4 is 38.9 Å². The fourth-order valence-corrected chi connectivity index (χ4v) is 4.95. The highest BCUT2D eigenvalue weighted by Crippen LogP contribution is 2.22. The number of nitrogens with zero attached hydrogens (tertiary/aromatic N) is 2. The van der Waals surface area contributed by atoms with Crippen molar-refractivity contribution in [3.8, 4) is 11.5 Å². The van der Waals surface area contributed by atoms with Crippen molar-refractivity contribution in [2.75, 3.05) is 49.5 Å². The summed E-state index contributed by atoms with van der Waals surface area (Å²) in [7, 11) is -2.22. The van der Waals surface area contributed by atoms with Crippen molar-refractivity contribution in [2.45, 2.75) is 4.90 Å². The number of benzene rings is 3. The Balaban J connectivity index is 1.27. The number of carbonyl (C=O) groups excluding carboxylic acids is 1. The van der Waals surface area contributed by atoms with Crippen LogP contribution in [0.1, 0.15) is 0 Å². The number of ether oxygens (including phenoxy) is 2. The smallest absolute Gasteiger partial charge is 0.261 e. The maximum Gasteiger partial charge on any atom is 0.261 e. The fourth-order valence-electron chi connectivity index (χ4n) is 3.71. The van der Waals surface area contributed by atoms with E-state index in [-0.39, 0.29) is 17.4 Å². The molecule has 184 valence electrons. The van der Waals surface area contributed by atoms with Crippen LogP contribution in [-0.4, -0.2) is 59.1 Å². The average Bonchev–Trinajstić information content (AvgIpc) is 2.88. The van der Waals surface area contributed by atoms with Crippen LogP contribution in [0.25, 0.3) is 0 Å². The van der Waals surface area contributed by atoms with Gasteiger partial charge in [0.1, 0.15) is 11.5 Å². The van der Waals surface area contributed by atoms with E-state index in [9.17, 15) is 13.2 Å². The van der Waals surface area contributed by atoms with Crippen molar-refractivity contribution in [3.05, 3.63) is 77.8 Å². The Hall–Kier alpha value is -3.43. The zero-order valence-corrected chi connectivity index (χ0v) is 20.8. The summed E-state index contributed by atoms with van der Waals surface area (Å²) in [5.41, 5.74) is 1.46. The van der Waals surface area contributed by atoms with Crippen molar-refractivity contribution in [3.63, 3.8) is 0 Å². The largest absolute Gasteiger partial charge is 0.497 e. The molecule has 0 aliphatic carbocycles. The molecule has 0 bridgehead atoms. The molecule has 0 spiro atoms. The highest BCUT2D eigenvalue weighted by molar-refractivity contribution is 7.92. The summed E-state index contributed by atoms with van der Waals surface area (Å²) in [5.74, 6) is 0.930. The van der Waals surface area contributed by atoms with E-state index in [1.54, 1.807) is 36.3 Å². The Labute approximate surface area is 210 Å². The van der Waals surface area contributed by atoms with E-state index in [0.717, 1.165) is 5.69 Å². The molecule has 1 saturated heterocycles. The van der Waals surface area contributed by atoms with Crippen molar-refractivity contribution < 1.29 is 22.7 Å². The van der Waals surface area contributed by atoms with Gasteiger partial charge in [-0.3, -0.25) is 9.52 Å². The molecule has 3 aromatic carbocycles. The van der Waals surface area contributed by atoms with Crippen LogP contribution >= 0.6 is 11.6 Å². The van der Waals surface area contributed by atoms with Crippen molar-refractivity contribution in [2.24, 2.45) is 0 Å². The van der Waals surface area contributed by atoms with E-state index < -0.39 is 10.0 Å². The quantitative estimate of drug-likeness (QED) is 0.490. The van der Waals surface area contributed by atoms with Gasteiger partial charge in [-0.2, -0.15) is 0 Å². The maximum absolute atomic E-state index is 12.6. The third-order valence-electron chi connectivity index (χ3n) is 5.64. The van der Waals surface area contributed by atoms with Gasteiger partial charge in [0, 0.05) is 42.6 Å². The van der Waals surface area contributed by atoms with Gasteiger partial charge in [-0.05, 0) is 66.7 Å². The Bertz CT molecular complexity index is 1260. The molecule has 1 N–H and O–H groups in total. The minimum absolute atomic E-state index is 0.0872. The van der Waals surface area contributed by atoms with E-state index in [2.05, 4.69) is 9.62 Å². The number of piperazine rings is 1. The van der Waals surface area contributed by atoms with Gasteiger partial charge in [0.25, 0.3) is 15.9 Å². The molecule has 0 radical (unpaired) electrons. The molecule has 35 heavy (non-hydrogen) atoms. The monoisotopic (exact) mass is 515 g/mol. The number of rotatable bonds is 8. The topological polar surface area (TPSA) is 88.2 Å². The van der Waals surface area contributed by atoms with Crippen LogP contribution in [0.4, 0.5) is 11.4 Å². The lowest BCUT2D eigenvalue weighted by molar-refractivity contribution is -0.133. The van der Waals surface area contributed by atoms with E-state index in [4.69, 9.17) is 21.1 Å². The second kappa shape index (κ2) is 10.9. The molecular formula is C25H26ClN3O5S. The van der Waals surface area contributed by atoms with Crippen LogP contribution in [0.15, 0.2) is 77.7 Å². The van der Waals surface area contributed by atoms with Gasteiger partial charge >= 0.3 is 0 Å². The number of hydrogen-bond donors (Lipinski definition) is 1. The number of amides is 1. The summed E-state index contributed by atoms with van der Waals surface area (Å²) in [5, 5.41) is 0.685. The Morgan fingerprint density at radius 1 is 0.943 bits per heavy atom. The lowest BCUT2D eigenvalue weighted by atomic mass is 10.2. The molecule has 3 aromatic rings. The van der Waals surface area contributed by atoms with Gasteiger partial charge in [-0.25, -0.2) is 8.42 Å². The summed E-state index contributed by atoms with van der Waals surface area (Å²) < 4.78 is 38.5. The van der Waals surface area contributed by atoms with Gasteiger partial charge in [0.05, 0.1) is 12.0 Å². The normalized spacial score (nSPS) is 13.9. The number of hydrogen-bond acceptors (Lipinski definition) is 6. The molecule has 1 aliphatic heterocycles. The molecule has 4 rings (SSSR count). The molecule has 1 aliphatic rings. The first-order chi connectivity index (χ1) is 16.8. The number of anilines is 2. The predicted octanol–water partition coefficient (Wildman–Crippen LogP) is 3.88. The lowest BCUT2D eigenvalue weighted by Gasteiger charge is -2.36. The summed E-state index contributed by atoms with van der Waals surface area (Å²) in [6, 6.07) is 20.2. The fraction of sp³-hybridized carbons (Fsp3) is 0.240. The first kappa shape index (κ1) is 24.7. The van der Waals surface area contributed by atoms with Crippen LogP contribution in [0.3, 0.4) is 0 Å². The maximum atomic E-state index is 12.6. The van der Waals surface area contributed by atoms with E-state index in [0.29, 0.717) is 48.4 Å². The number of carbonyl (C=O) groups is 1. The molecule has 1 amide bonds. The summed E-state index contributed by atoms with van der Waals surface area (Å²) in [4.78, 5) is 16.6. The zero-order valence-electron chi connectivity index (χ0n) is 19.2. The van der Waals surface area contributed by atoms with Gasteiger partial charge in [-0.1, -0.05) is 17.7 Å². The molecule has 0 atom stereocenters. The van der Waals surface area contributed by atoms with E-state index in [1.807, 2.05) is 24.3 Å². The van der Waals surface area contributed by atoms with Crippen LogP contribution in [-0.2, 0) is 14.8 Å². The molecule has 10 heteroatoms.